The van der Waals surface area contributed by atoms with Crippen LogP contribution in [0.1, 0.15) is 103 Å². The highest BCUT2D eigenvalue weighted by Gasteiger charge is 2.68. The lowest BCUT2D eigenvalue weighted by Gasteiger charge is -2.29. The summed E-state index contributed by atoms with van der Waals surface area (Å²) in [5.41, 5.74) is -8.84. The van der Waals surface area contributed by atoms with Crippen LogP contribution in [0.5, 0.6) is 5.75 Å². The standard InChI is InChI=1S/C52H47ClF10N7O12PS2/c1-48(2,43-26(18-40(73)74)7-6-8-37(43)82-83(75,76)77)21-38(71)68-85(80,81)23-36-42-34(53)12-11-31(45(42)70(66-36)24-50(56,57)58)30-10-9-29(13-14-49(3,4)84(5,78)79)64-44(30)35(17-25-15-27(54)19-28(55)16-25)65-39(72)22-69-47-41(46(67-69)52(61,62)63)32-20-33(32)51(47,59)60/h6-12,15-16,19,32-33,35H,17-18,20-24H2,1-5H3,(H,65,72)(H,68,71)(H,73,74)(H2,75,76,77)/t32-,33+,35-/m0/s1. The van der Waals surface area contributed by atoms with Crippen LogP contribution in [0.2, 0.25) is 5.02 Å². The van der Waals surface area contributed by atoms with E-state index in [0.717, 1.165) is 48.7 Å². The molecule has 0 saturated heterocycles. The molecule has 3 aromatic carbocycles. The molecule has 1 fully saturated rings. The molecule has 1 saturated carbocycles. The predicted octanol–water partition coefficient (Wildman–Crippen LogP) is 8.70. The lowest BCUT2D eigenvalue weighted by Crippen LogP contribution is -2.36. The summed E-state index contributed by atoms with van der Waals surface area (Å²) in [4.78, 5) is 63.5. The van der Waals surface area contributed by atoms with Gasteiger partial charge < -0.3 is 14.9 Å². The quantitative estimate of drug-likeness (QED) is 0.0288. The molecule has 8 rings (SSSR count). The van der Waals surface area contributed by atoms with Gasteiger partial charge in [0.1, 0.15) is 52.4 Å². The number of phosphoric ester groups is 1. The smallest absolute Gasteiger partial charge is 0.481 e. The molecular formula is C52H47ClF10N7O12PS2. The molecule has 3 aromatic heterocycles. The summed E-state index contributed by atoms with van der Waals surface area (Å²) in [6, 6.07) is 8.10. The summed E-state index contributed by atoms with van der Waals surface area (Å²) >= 11 is 6.67. The van der Waals surface area contributed by atoms with Gasteiger partial charge in [-0.1, -0.05) is 49.6 Å². The zero-order chi connectivity index (χ0) is 63.1. The van der Waals surface area contributed by atoms with Crippen LogP contribution in [-0.4, -0.2) is 91.2 Å². The van der Waals surface area contributed by atoms with E-state index in [1.54, 1.807) is 4.72 Å². The Hall–Kier alpha value is -7.10. The van der Waals surface area contributed by atoms with Gasteiger partial charge in [0.05, 0.1) is 34.4 Å². The molecule has 5 N–H and O–H groups in total. The average molecular weight is 1280 g/mol. The predicted molar refractivity (Wildman–Crippen MR) is 282 cm³/mol. The molecule has 0 unspecified atom stereocenters. The fraction of sp³-hybridized carbons (Fsp3) is 0.385. The molecule has 85 heavy (non-hydrogen) atoms. The minimum atomic E-state index is -5.33. The Morgan fingerprint density at radius 2 is 1.56 bits per heavy atom. The number of alkyl halides is 8. The fourth-order valence-corrected chi connectivity index (χ4v) is 12.2. The molecule has 456 valence electrons. The van der Waals surface area contributed by atoms with Crippen molar-refractivity contribution in [3.63, 3.8) is 0 Å². The fourth-order valence-electron chi connectivity index (χ4n) is 10.2. The number of aliphatic carboxylic acids is 1. The van der Waals surface area contributed by atoms with Gasteiger partial charge >= 0.3 is 26.1 Å². The van der Waals surface area contributed by atoms with E-state index < -0.39 is 192 Å². The number of carboxylic acids is 1. The summed E-state index contributed by atoms with van der Waals surface area (Å²) in [5, 5.41) is 18.4. The molecule has 0 bridgehead atoms. The van der Waals surface area contributed by atoms with Gasteiger partial charge in [0.2, 0.25) is 21.8 Å². The zero-order valence-corrected chi connectivity index (χ0v) is 47.9. The van der Waals surface area contributed by atoms with Crippen molar-refractivity contribution in [2.45, 2.75) is 113 Å². The second-order valence-corrected chi connectivity index (χ2v) is 27.3. The number of carbonyl (C=O) groups excluding carboxylic acids is 2. The minimum absolute atomic E-state index is 0.0944. The Morgan fingerprint density at radius 1 is 0.918 bits per heavy atom. The van der Waals surface area contributed by atoms with E-state index in [2.05, 4.69) is 32.3 Å². The third-order valence-electron chi connectivity index (χ3n) is 13.9. The minimum Gasteiger partial charge on any atom is -0.481 e. The maximum absolute atomic E-state index is 15.7. The first-order chi connectivity index (χ1) is 38.9. The number of sulfone groups is 1. The van der Waals surface area contributed by atoms with Crippen molar-refractivity contribution >= 4 is 68.0 Å². The van der Waals surface area contributed by atoms with Crippen LogP contribution >= 0.6 is 19.4 Å². The Bertz CT molecular complexity index is 4080. The van der Waals surface area contributed by atoms with E-state index in [1.165, 1.54) is 39.8 Å². The molecule has 6 aromatic rings. The summed E-state index contributed by atoms with van der Waals surface area (Å²) in [5.74, 6) is -10.0. The number of aromatic nitrogens is 5. The normalized spacial score (nSPS) is 16.5. The monoisotopic (exact) mass is 1280 g/mol. The number of hydrogen-bond acceptors (Lipinski definition) is 12. The van der Waals surface area contributed by atoms with Crippen molar-refractivity contribution in [1.29, 1.82) is 0 Å². The van der Waals surface area contributed by atoms with Crippen molar-refractivity contribution in [3.8, 4) is 28.7 Å². The number of nitrogens with one attached hydrogen (secondary N) is 2. The number of carbonyl (C=O) groups is 3. The number of pyridine rings is 1. The van der Waals surface area contributed by atoms with E-state index in [0.29, 0.717) is 6.07 Å². The molecule has 0 aliphatic heterocycles. The van der Waals surface area contributed by atoms with Crippen LogP contribution in [0.25, 0.3) is 22.0 Å². The van der Waals surface area contributed by atoms with Gasteiger partial charge in [-0.25, -0.2) is 35.2 Å². The van der Waals surface area contributed by atoms with Crippen molar-refractivity contribution in [3.05, 3.63) is 128 Å². The van der Waals surface area contributed by atoms with Crippen LogP contribution in [0, 0.1) is 29.4 Å². The van der Waals surface area contributed by atoms with Crippen LogP contribution in [0.3, 0.4) is 0 Å². The van der Waals surface area contributed by atoms with E-state index in [4.69, 9.17) is 16.1 Å². The first-order valence-electron chi connectivity index (χ1n) is 24.9. The molecule has 2 aliphatic carbocycles. The van der Waals surface area contributed by atoms with Gasteiger partial charge in [0, 0.05) is 57.7 Å². The number of benzene rings is 3. The van der Waals surface area contributed by atoms with Gasteiger partial charge in [-0.2, -0.15) is 45.3 Å². The largest absolute Gasteiger partial charge is 0.524 e. The second kappa shape index (κ2) is 22.3. The lowest BCUT2D eigenvalue weighted by molar-refractivity contribution is -0.143. The highest BCUT2D eigenvalue weighted by atomic mass is 35.5. The third-order valence-corrected chi connectivity index (χ3v) is 17.8. The van der Waals surface area contributed by atoms with Gasteiger partial charge in [-0.15, -0.1) is 0 Å². The average Bonchev–Trinajstić information content (AvgIpc) is 1.53. The SMILES string of the molecule is CC(C)(CC(=O)NS(=O)(=O)Cc1nn(CC(F)(F)F)c2c(-c3ccc(C#CC(C)(C)S(C)(=O)=O)nc3[C@H](Cc3cc(F)cc(F)c3)NC(=O)Cn3nc(C(F)(F)F)c4c3C(F)(F)[C@@H]3C[C@H]43)ccc(Cl)c12)c1c(CC(=O)O)cccc1OP(=O)(O)O. The van der Waals surface area contributed by atoms with E-state index in [9.17, 15) is 85.8 Å². The lowest BCUT2D eigenvalue weighted by atomic mass is 9.77. The van der Waals surface area contributed by atoms with E-state index in [1.807, 2.05) is 0 Å². The third kappa shape index (κ3) is 14.1. The molecule has 33 heteroatoms. The highest BCUT2D eigenvalue weighted by Crippen LogP contribution is 2.68. The Morgan fingerprint density at radius 3 is 2.16 bits per heavy atom. The van der Waals surface area contributed by atoms with Gasteiger partial charge in [0.15, 0.2) is 15.5 Å². The van der Waals surface area contributed by atoms with Crippen molar-refractivity contribution in [2.24, 2.45) is 5.92 Å². The topological polar surface area (TPSA) is 279 Å². The van der Waals surface area contributed by atoms with Crippen LogP contribution in [0.4, 0.5) is 43.9 Å². The molecule has 0 radical (unpaired) electrons. The van der Waals surface area contributed by atoms with Crippen molar-refractivity contribution in [1.82, 2.24) is 34.6 Å². The number of phosphoric acid groups is 1. The summed E-state index contributed by atoms with van der Waals surface area (Å²) in [7, 11) is -14.4. The van der Waals surface area contributed by atoms with Crippen LogP contribution in [0.15, 0.2) is 60.7 Å². The molecular weight excluding hydrogens is 1240 g/mol. The molecule has 2 amide bonds. The van der Waals surface area contributed by atoms with Crippen molar-refractivity contribution in [2.75, 3.05) is 6.26 Å². The summed E-state index contributed by atoms with van der Waals surface area (Å²) < 4.78 is 219. The number of nitrogens with zero attached hydrogens (tertiary/aromatic N) is 5. The Labute approximate surface area is 481 Å². The number of halogens is 11. The van der Waals surface area contributed by atoms with Gasteiger partial charge in [-0.3, -0.25) is 38.3 Å². The number of rotatable bonds is 19. The summed E-state index contributed by atoms with van der Waals surface area (Å²) in [6.07, 6.45) is -12.3. The highest BCUT2D eigenvalue weighted by molar-refractivity contribution is 7.92. The molecule has 3 atom stereocenters. The number of hydrogen-bond donors (Lipinski definition) is 5. The number of fused-ring (bicyclic) bond motifs is 4. The van der Waals surface area contributed by atoms with Crippen LogP contribution < -0.4 is 14.6 Å². The number of carboxylic acid groups (broad SMARTS) is 1. The second-order valence-electron chi connectivity index (χ2n) is 21.4. The van der Waals surface area contributed by atoms with Crippen molar-refractivity contribution < 1.29 is 99.1 Å². The van der Waals surface area contributed by atoms with E-state index >= 15 is 8.78 Å². The van der Waals surface area contributed by atoms with Gasteiger partial charge in [-0.05, 0) is 86.1 Å². The Balaban J connectivity index is 1.26. The first kappa shape index (κ1) is 63.9. The zero-order valence-electron chi connectivity index (χ0n) is 44.6. The maximum Gasteiger partial charge on any atom is 0.524 e. The number of sulfonamides is 1. The maximum atomic E-state index is 15.7. The first-order valence-corrected chi connectivity index (χ1v) is 30.3. The molecule has 2 aliphatic rings. The molecule has 0 spiro atoms. The summed E-state index contributed by atoms with van der Waals surface area (Å²) in [6.45, 7) is 1.66. The van der Waals surface area contributed by atoms with Crippen LogP contribution in [-0.2, 0) is 88.0 Å². The molecule has 19 nitrogen and oxygen atoms in total. The van der Waals surface area contributed by atoms with Gasteiger partial charge in [0.25, 0.3) is 5.92 Å². The Kier molecular flexibility index (Phi) is 16.8. The molecule has 3 heterocycles. The number of amides is 2. The van der Waals surface area contributed by atoms with E-state index in [-0.39, 0.29) is 49.3 Å².